The van der Waals surface area contributed by atoms with Crippen LogP contribution in [0.2, 0.25) is 0 Å². The lowest BCUT2D eigenvalue weighted by Crippen LogP contribution is -2.35. The van der Waals surface area contributed by atoms with Crippen molar-refractivity contribution in [1.29, 1.82) is 0 Å². The zero-order valence-corrected chi connectivity index (χ0v) is 11.2. The minimum Gasteiger partial charge on any atom is -0.397 e. The van der Waals surface area contributed by atoms with Gasteiger partial charge in [-0.15, -0.1) is 0 Å². The number of nitrogens with zero attached hydrogens (tertiary/aromatic N) is 1. The van der Waals surface area contributed by atoms with E-state index in [4.69, 9.17) is 5.73 Å². The Morgan fingerprint density at radius 1 is 1.41 bits per heavy atom. The van der Waals surface area contributed by atoms with Crippen LogP contribution in [-0.4, -0.2) is 16.5 Å². The van der Waals surface area contributed by atoms with Gasteiger partial charge in [-0.2, -0.15) is 0 Å². The maximum absolute atomic E-state index is 12.1. The summed E-state index contributed by atoms with van der Waals surface area (Å²) in [6, 6.07) is 2.20. The van der Waals surface area contributed by atoms with Crippen LogP contribution < -0.4 is 11.1 Å². The zero-order chi connectivity index (χ0) is 13.0. The molecule has 0 saturated carbocycles. The third-order valence-corrected chi connectivity index (χ3v) is 2.98. The molecule has 0 aliphatic heterocycles. The first-order valence-electron chi connectivity index (χ1n) is 6.27. The molecule has 1 rings (SSSR count). The molecule has 0 aromatic carbocycles. The number of carbonyl (C=O) groups excluding carboxylic acids is 1. The van der Waals surface area contributed by atoms with E-state index in [0.29, 0.717) is 11.4 Å². The van der Waals surface area contributed by atoms with Crippen LogP contribution in [0.15, 0.2) is 12.3 Å². The summed E-state index contributed by atoms with van der Waals surface area (Å²) < 4.78 is 1.91. The molecular weight excluding hydrogens is 214 g/mol. The predicted octanol–water partition coefficient (Wildman–Crippen LogP) is 2.57. The summed E-state index contributed by atoms with van der Waals surface area (Å²) in [4.78, 5) is 12.1. The van der Waals surface area contributed by atoms with Crippen LogP contribution in [0.3, 0.4) is 0 Å². The van der Waals surface area contributed by atoms with E-state index in [0.717, 1.165) is 12.8 Å². The second kappa shape index (κ2) is 5.75. The second-order valence-corrected chi connectivity index (χ2v) is 4.65. The number of nitrogen functional groups attached to an aromatic ring is 1. The highest BCUT2D eigenvalue weighted by molar-refractivity contribution is 5.94. The van der Waals surface area contributed by atoms with E-state index < -0.39 is 0 Å². The van der Waals surface area contributed by atoms with E-state index in [9.17, 15) is 4.79 Å². The highest BCUT2D eigenvalue weighted by Gasteiger charge is 2.16. The Balaban J connectivity index is 2.88. The van der Waals surface area contributed by atoms with Crippen LogP contribution in [0.1, 0.15) is 57.1 Å². The molecular formula is C13H23N3O. The first kappa shape index (κ1) is 13.6. The quantitative estimate of drug-likeness (QED) is 0.826. The summed E-state index contributed by atoms with van der Waals surface area (Å²) in [6.07, 6.45) is 3.70. The van der Waals surface area contributed by atoms with Gasteiger partial charge in [0.05, 0.1) is 5.69 Å². The summed E-state index contributed by atoms with van der Waals surface area (Å²) >= 11 is 0. The fraction of sp³-hybridized carbons (Fsp3) is 0.615. The van der Waals surface area contributed by atoms with Crippen LogP contribution in [0.5, 0.6) is 0 Å². The molecule has 0 saturated heterocycles. The lowest BCUT2D eigenvalue weighted by molar-refractivity contribution is 0.0924. The third kappa shape index (κ3) is 3.25. The average Bonchev–Trinajstić information content (AvgIpc) is 2.68. The van der Waals surface area contributed by atoms with E-state index in [1.54, 1.807) is 6.07 Å². The molecule has 3 N–H and O–H groups in total. The largest absolute Gasteiger partial charge is 0.397 e. The van der Waals surface area contributed by atoms with Gasteiger partial charge in [-0.1, -0.05) is 13.8 Å². The number of anilines is 1. The average molecular weight is 237 g/mol. The van der Waals surface area contributed by atoms with Crippen molar-refractivity contribution in [3.8, 4) is 0 Å². The fourth-order valence-corrected chi connectivity index (χ4v) is 1.86. The minimum absolute atomic E-state index is 0.0379. The smallest absolute Gasteiger partial charge is 0.268 e. The lowest BCUT2D eigenvalue weighted by atomic mass is 10.1. The molecule has 0 aliphatic rings. The Morgan fingerprint density at radius 2 is 2.00 bits per heavy atom. The molecule has 4 heteroatoms. The summed E-state index contributed by atoms with van der Waals surface area (Å²) in [5.41, 5.74) is 7.03. The van der Waals surface area contributed by atoms with Crippen LogP contribution >= 0.6 is 0 Å². The Morgan fingerprint density at radius 3 is 2.47 bits per heavy atom. The number of aromatic nitrogens is 1. The van der Waals surface area contributed by atoms with Gasteiger partial charge in [-0.05, 0) is 32.8 Å². The number of rotatable bonds is 5. The predicted molar refractivity (Wildman–Crippen MR) is 71.1 cm³/mol. The summed E-state index contributed by atoms with van der Waals surface area (Å²) in [7, 11) is 0. The normalized spacial score (nSPS) is 11.2. The summed E-state index contributed by atoms with van der Waals surface area (Å²) in [6.45, 7) is 8.22. The molecule has 4 nitrogen and oxygen atoms in total. The van der Waals surface area contributed by atoms with Crippen LogP contribution in [0.25, 0.3) is 0 Å². The van der Waals surface area contributed by atoms with Gasteiger partial charge >= 0.3 is 0 Å². The highest BCUT2D eigenvalue weighted by atomic mass is 16.2. The first-order chi connectivity index (χ1) is 7.99. The molecule has 1 amide bonds. The molecule has 0 atom stereocenters. The molecule has 1 aromatic rings. The number of carbonyl (C=O) groups is 1. The standard InChI is InChI=1S/C13H23N3O/c1-5-11(6-2)15-13(17)12-7-10(14)8-16(12)9(3)4/h7-9,11H,5-6,14H2,1-4H3,(H,15,17). The fourth-order valence-electron chi connectivity index (χ4n) is 1.86. The number of hydrogen-bond donors (Lipinski definition) is 2. The van der Waals surface area contributed by atoms with Gasteiger partial charge in [0.1, 0.15) is 5.69 Å². The Bertz CT molecular complexity index is 378. The highest BCUT2D eigenvalue weighted by Crippen LogP contribution is 2.16. The molecule has 0 unspecified atom stereocenters. The second-order valence-electron chi connectivity index (χ2n) is 4.65. The molecule has 0 bridgehead atoms. The van der Waals surface area contributed by atoms with E-state index in [1.807, 2.05) is 24.6 Å². The van der Waals surface area contributed by atoms with E-state index in [-0.39, 0.29) is 18.0 Å². The van der Waals surface area contributed by atoms with Gasteiger partial charge in [-0.25, -0.2) is 0 Å². The minimum atomic E-state index is -0.0379. The number of nitrogens with one attached hydrogen (secondary N) is 1. The molecule has 0 radical (unpaired) electrons. The van der Waals surface area contributed by atoms with Crippen molar-refractivity contribution in [3.05, 3.63) is 18.0 Å². The number of nitrogens with two attached hydrogens (primary N) is 1. The zero-order valence-electron chi connectivity index (χ0n) is 11.2. The summed E-state index contributed by atoms with van der Waals surface area (Å²) in [5.74, 6) is -0.0379. The SMILES string of the molecule is CCC(CC)NC(=O)c1cc(N)cn1C(C)C. The molecule has 0 fully saturated rings. The molecule has 96 valence electrons. The van der Waals surface area contributed by atoms with E-state index >= 15 is 0 Å². The van der Waals surface area contributed by atoms with Crippen LogP contribution in [0, 0.1) is 0 Å². The lowest BCUT2D eigenvalue weighted by Gasteiger charge is -2.17. The van der Waals surface area contributed by atoms with Crippen molar-refractivity contribution in [1.82, 2.24) is 9.88 Å². The summed E-state index contributed by atoms with van der Waals surface area (Å²) in [5, 5.41) is 3.03. The van der Waals surface area contributed by atoms with Crippen molar-refractivity contribution in [2.45, 2.75) is 52.6 Å². The van der Waals surface area contributed by atoms with Crippen molar-refractivity contribution in [2.24, 2.45) is 0 Å². The maximum Gasteiger partial charge on any atom is 0.268 e. The van der Waals surface area contributed by atoms with Gasteiger partial charge in [0.15, 0.2) is 0 Å². The monoisotopic (exact) mass is 237 g/mol. The van der Waals surface area contributed by atoms with Crippen LogP contribution in [0.4, 0.5) is 5.69 Å². The molecule has 17 heavy (non-hydrogen) atoms. The number of hydrogen-bond acceptors (Lipinski definition) is 2. The Kier molecular flexibility index (Phi) is 4.61. The van der Waals surface area contributed by atoms with E-state index in [1.165, 1.54) is 0 Å². The first-order valence-corrected chi connectivity index (χ1v) is 6.27. The molecule has 0 spiro atoms. The van der Waals surface area contributed by atoms with Gasteiger partial charge < -0.3 is 15.6 Å². The van der Waals surface area contributed by atoms with Gasteiger partial charge in [0.25, 0.3) is 5.91 Å². The molecule has 0 aliphatic carbocycles. The topological polar surface area (TPSA) is 60.1 Å². The van der Waals surface area contributed by atoms with Crippen molar-refractivity contribution in [2.75, 3.05) is 5.73 Å². The third-order valence-electron chi connectivity index (χ3n) is 2.98. The van der Waals surface area contributed by atoms with E-state index in [2.05, 4.69) is 19.2 Å². The van der Waals surface area contributed by atoms with Crippen molar-refractivity contribution in [3.63, 3.8) is 0 Å². The maximum atomic E-state index is 12.1. The van der Waals surface area contributed by atoms with Crippen molar-refractivity contribution < 1.29 is 4.79 Å². The Labute approximate surface area is 103 Å². The van der Waals surface area contributed by atoms with Crippen LogP contribution in [-0.2, 0) is 0 Å². The number of amides is 1. The van der Waals surface area contributed by atoms with Crippen molar-refractivity contribution >= 4 is 11.6 Å². The molecule has 1 heterocycles. The van der Waals surface area contributed by atoms with Gasteiger partial charge in [0.2, 0.25) is 0 Å². The van der Waals surface area contributed by atoms with Gasteiger partial charge in [-0.3, -0.25) is 4.79 Å². The van der Waals surface area contributed by atoms with Gasteiger partial charge in [0, 0.05) is 18.3 Å². The Hall–Kier alpha value is -1.45. The molecule has 1 aromatic heterocycles.